The van der Waals surface area contributed by atoms with Gasteiger partial charge in [-0.25, -0.2) is 4.79 Å². The largest absolute Gasteiger partial charge is 0.478 e. The zero-order valence-corrected chi connectivity index (χ0v) is 10.7. The molecule has 18 heavy (non-hydrogen) atoms. The number of hydrogen-bond donors (Lipinski definition) is 1. The fourth-order valence-corrected chi connectivity index (χ4v) is 1.50. The van der Waals surface area contributed by atoms with E-state index in [1.165, 1.54) is 11.0 Å². The van der Waals surface area contributed by atoms with Gasteiger partial charge >= 0.3 is 5.97 Å². The maximum Gasteiger partial charge on any atom is 0.339 e. The molecule has 0 atom stereocenters. The van der Waals surface area contributed by atoms with Crippen molar-refractivity contribution < 1.29 is 23.8 Å². The molecule has 100 valence electrons. The zero-order valence-electron chi connectivity index (χ0n) is 10.7. The monoisotopic (exact) mass is 255 g/mol. The third-order valence-corrected chi connectivity index (χ3v) is 2.55. The Morgan fingerprint density at radius 1 is 1.50 bits per heavy atom. The fourth-order valence-electron chi connectivity index (χ4n) is 1.50. The number of nitrogens with zero attached hydrogens (tertiary/aromatic N) is 1. The molecule has 0 fully saturated rings. The van der Waals surface area contributed by atoms with Crippen molar-refractivity contribution in [2.24, 2.45) is 0 Å². The second-order valence-corrected chi connectivity index (χ2v) is 3.83. The van der Waals surface area contributed by atoms with Crippen molar-refractivity contribution in [1.29, 1.82) is 0 Å². The minimum Gasteiger partial charge on any atom is -0.478 e. The van der Waals surface area contributed by atoms with Crippen LogP contribution in [0.15, 0.2) is 10.5 Å². The predicted octanol–water partition coefficient (Wildman–Crippen LogP) is 1.26. The van der Waals surface area contributed by atoms with E-state index in [1.54, 1.807) is 21.1 Å². The second kappa shape index (κ2) is 6.20. The molecule has 1 aromatic heterocycles. The van der Waals surface area contributed by atoms with E-state index in [9.17, 15) is 9.59 Å². The van der Waals surface area contributed by atoms with Crippen LogP contribution in [0.1, 0.15) is 33.6 Å². The van der Waals surface area contributed by atoms with E-state index in [0.717, 1.165) is 0 Å². The van der Waals surface area contributed by atoms with Crippen LogP contribution < -0.4 is 0 Å². The van der Waals surface area contributed by atoms with Crippen molar-refractivity contribution in [3.63, 3.8) is 0 Å². The van der Waals surface area contributed by atoms with Gasteiger partial charge in [-0.05, 0) is 0 Å². The van der Waals surface area contributed by atoms with Gasteiger partial charge in [0.25, 0.3) is 5.91 Å². The van der Waals surface area contributed by atoms with Gasteiger partial charge in [0.1, 0.15) is 11.3 Å². The number of furan rings is 1. The Balaban J connectivity index is 2.89. The second-order valence-electron chi connectivity index (χ2n) is 3.83. The molecule has 0 saturated heterocycles. The molecular formula is C12H17NO5. The van der Waals surface area contributed by atoms with Gasteiger partial charge in [-0.2, -0.15) is 0 Å². The molecular weight excluding hydrogens is 238 g/mol. The van der Waals surface area contributed by atoms with E-state index in [1.807, 2.05) is 0 Å². The van der Waals surface area contributed by atoms with Gasteiger partial charge in [-0.1, -0.05) is 6.92 Å². The Morgan fingerprint density at radius 3 is 2.61 bits per heavy atom. The maximum absolute atomic E-state index is 11.9. The molecule has 1 aromatic rings. The Morgan fingerprint density at radius 2 is 2.17 bits per heavy atom. The highest BCUT2D eigenvalue weighted by Gasteiger charge is 2.22. The number of aromatic carboxylic acids is 1. The number of likely N-dealkylation sites (N-methyl/N-ethyl adjacent to an activating group) is 1. The van der Waals surface area contributed by atoms with E-state index >= 15 is 0 Å². The van der Waals surface area contributed by atoms with Gasteiger partial charge in [0.05, 0.1) is 6.61 Å². The summed E-state index contributed by atoms with van der Waals surface area (Å²) in [5, 5.41) is 8.97. The van der Waals surface area contributed by atoms with Crippen LogP contribution in [-0.4, -0.2) is 49.2 Å². The summed E-state index contributed by atoms with van der Waals surface area (Å²) in [5.41, 5.74) is 0.0426. The molecule has 0 aliphatic rings. The summed E-state index contributed by atoms with van der Waals surface area (Å²) in [6.45, 7) is 2.60. The Bertz CT molecular complexity index is 438. The number of methoxy groups -OCH3 is 1. The van der Waals surface area contributed by atoms with Gasteiger partial charge in [0.15, 0.2) is 5.76 Å². The number of hydrogen-bond acceptors (Lipinski definition) is 4. The van der Waals surface area contributed by atoms with Crippen LogP contribution in [0, 0.1) is 0 Å². The van der Waals surface area contributed by atoms with Crippen LogP contribution >= 0.6 is 0 Å². The number of carbonyl (C=O) groups excluding carboxylic acids is 1. The standard InChI is InChI=1S/C12H17NO5/c1-4-9-8(12(15)16)7-10(18-9)11(14)13(2)5-6-17-3/h7H,4-6H2,1-3H3,(H,15,16). The number of ether oxygens (including phenoxy) is 1. The average Bonchev–Trinajstić information content (AvgIpc) is 2.79. The highest BCUT2D eigenvalue weighted by Crippen LogP contribution is 2.17. The van der Waals surface area contributed by atoms with E-state index in [0.29, 0.717) is 25.3 Å². The summed E-state index contributed by atoms with van der Waals surface area (Å²) in [6, 6.07) is 1.27. The topological polar surface area (TPSA) is 80.0 Å². The molecule has 0 aromatic carbocycles. The van der Waals surface area contributed by atoms with E-state index in [-0.39, 0.29) is 17.2 Å². The first kappa shape index (κ1) is 14.2. The molecule has 0 spiro atoms. The number of amides is 1. The summed E-state index contributed by atoms with van der Waals surface area (Å²) in [6.07, 6.45) is 0.427. The van der Waals surface area contributed by atoms with Crippen molar-refractivity contribution in [3.05, 3.63) is 23.2 Å². The quantitative estimate of drug-likeness (QED) is 0.827. The molecule has 0 aliphatic carbocycles. The molecule has 1 N–H and O–H groups in total. The summed E-state index contributed by atoms with van der Waals surface area (Å²) in [7, 11) is 3.15. The molecule has 0 bridgehead atoms. The number of carboxylic acids is 1. The van der Waals surface area contributed by atoms with Crippen LogP contribution in [0.3, 0.4) is 0 Å². The minimum absolute atomic E-state index is 0.0426. The minimum atomic E-state index is -1.09. The van der Waals surface area contributed by atoms with Gasteiger partial charge in [-0.3, -0.25) is 4.79 Å². The molecule has 0 aliphatic heterocycles. The average molecular weight is 255 g/mol. The smallest absolute Gasteiger partial charge is 0.339 e. The number of carboxylic acid groups (broad SMARTS) is 1. The maximum atomic E-state index is 11.9. The first-order valence-electron chi connectivity index (χ1n) is 5.61. The number of rotatable bonds is 6. The molecule has 0 unspecified atom stereocenters. The highest BCUT2D eigenvalue weighted by atomic mass is 16.5. The molecule has 0 saturated carbocycles. The van der Waals surface area contributed by atoms with Gasteiger partial charge in [0.2, 0.25) is 0 Å². The summed E-state index contributed by atoms with van der Waals surface area (Å²) in [5.74, 6) is -1.09. The first-order valence-corrected chi connectivity index (χ1v) is 5.61. The van der Waals surface area contributed by atoms with E-state index in [4.69, 9.17) is 14.3 Å². The lowest BCUT2D eigenvalue weighted by molar-refractivity contribution is 0.0690. The third-order valence-electron chi connectivity index (χ3n) is 2.55. The van der Waals surface area contributed by atoms with Crippen LogP contribution in [0.5, 0.6) is 0 Å². The lowest BCUT2D eigenvalue weighted by Crippen LogP contribution is -2.29. The van der Waals surface area contributed by atoms with E-state index < -0.39 is 5.97 Å². The summed E-state index contributed by atoms with van der Waals surface area (Å²) in [4.78, 5) is 24.3. The van der Waals surface area contributed by atoms with Gasteiger partial charge in [-0.15, -0.1) is 0 Å². The zero-order chi connectivity index (χ0) is 13.7. The van der Waals surface area contributed by atoms with Crippen LogP contribution in [-0.2, 0) is 11.2 Å². The molecule has 1 heterocycles. The van der Waals surface area contributed by atoms with Crippen LogP contribution in [0.2, 0.25) is 0 Å². The molecule has 6 heteroatoms. The molecule has 1 amide bonds. The molecule has 6 nitrogen and oxygen atoms in total. The Kier molecular flexibility index (Phi) is 4.91. The van der Waals surface area contributed by atoms with Crippen molar-refractivity contribution in [2.75, 3.05) is 27.3 Å². The number of carbonyl (C=O) groups is 2. The van der Waals surface area contributed by atoms with Crippen molar-refractivity contribution >= 4 is 11.9 Å². The van der Waals surface area contributed by atoms with Crippen LogP contribution in [0.4, 0.5) is 0 Å². The van der Waals surface area contributed by atoms with Crippen LogP contribution in [0.25, 0.3) is 0 Å². The lowest BCUT2D eigenvalue weighted by Gasteiger charge is -2.14. The van der Waals surface area contributed by atoms with Gasteiger partial charge < -0.3 is 19.2 Å². The summed E-state index contributed by atoms with van der Waals surface area (Å²) >= 11 is 0. The predicted molar refractivity (Wildman–Crippen MR) is 63.9 cm³/mol. The molecule has 0 radical (unpaired) electrons. The Hall–Kier alpha value is -1.82. The van der Waals surface area contributed by atoms with Crippen molar-refractivity contribution in [1.82, 2.24) is 4.90 Å². The normalized spacial score (nSPS) is 10.4. The Labute approximate surface area is 105 Å². The third kappa shape index (κ3) is 3.10. The van der Waals surface area contributed by atoms with Crippen molar-refractivity contribution in [3.8, 4) is 0 Å². The summed E-state index contributed by atoms with van der Waals surface area (Å²) < 4.78 is 10.1. The van der Waals surface area contributed by atoms with Crippen molar-refractivity contribution in [2.45, 2.75) is 13.3 Å². The van der Waals surface area contributed by atoms with E-state index in [2.05, 4.69) is 0 Å². The number of aryl methyl sites for hydroxylation is 1. The van der Waals surface area contributed by atoms with Gasteiger partial charge in [0, 0.05) is 33.2 Å². The lowest BCUT2D eigenvalue weighted by atomic mass is 10.2. The molecule has 1 rings (SSSR count). The first-order chi connectivity index (χ1) is 8.51. The fraction of sp³-hybridized carbons (Fsp3) is 0.500. The SMILES string of the molecule is CCc1oc(C(=O)N(C)CCOC)cc1C(=O)O. The highest BCUT2D eigenvalue weighted by molar-refractivity contribution is 5.96.